The number of aliphatic hydroxyl groups excluding tert-OH is 1. The van der Waals surface area contributed by atoms with E-state index in [1.165, 1.54) is 71.0 Å². The SMILES string of the molecule is CCCC1(CCC)CN(CC2CCCCC2CO)C1. The van der Waals surface area contributed by atoms with Crippen molar-refractivity contribution in [1.29, 1.82) is 0 Å². The van der Waals surface area contributed by atoms with Crippen LogP contribution in [0.2, 0.25) is 0 Å². The molecule has 1 aliphatic heterocycles. The minimum atomic E-state index is 0.410. The molecule has 1 aliphatic carbocycles. The maximum absolute atomic E-state index is 9.52. The van der Waals surface area contributed by atoms with Crippen LogP contribution in [0, 0.1) is 17.3 Å². The first-order valence-corrected chi connectivity index (χ1v) is 8.56. The van der Waals surface area contributed by atoms with Crippen molar-refractivity contribution in [3.05, 3.63) is 0 Å². The molecule has 2 aliphatic rings. The zero-order valence-corrected chi connectivity index (χ0v) is 13.0. The summed E-state index contributed by atoms with van der Waals surface area (Å²) in [4.78, 5) is 2.67. The van der Waals surface area contributed by atoms with Crippen LogP contribution in [0.15, 0.2) is 0 Å². The molecule has 0 aromatic carbocycles. The summed E-state index contributed by atoms with van der Waals surface area (Å²) in [7, 11) is 0. The summed E-state index contributed by atoms with van der Waals surface area (Å²) in [5.41, 5.74) is 0.646. The fourth-order valence-corrected chi connectivity index (χ4v) is 4.63. The summed E-state index contributed by atoms with van der Waals surface area (Å²) in [6.07, 6.45) is 10.8. The summed E-state index contributed by atoms with van der Waals surface area (Å²) in [6.45, 7) is 8.95. The van der Waals surface area contributed by atoms with Gasteiger partial charge in [-0.05, 0) is 42.9 Å². The molecule has 0 amide bonds. The topological polar surface area (TPSA) is 23.5 Å². The molecule has 2 unspecified atom stereocenters. The highest BCUT2D eigenvalue weighted by molar-refractivity contribution is 4.95. The molecule has 0 radical (unpaired) electrons. The van der Waals surface area contributed by atoms with Crippen LogP contribution in [0.25, 0.3) is 0 Å². The minimum Gasteiger partial charge on any atom is -0.396 e. The van der Waals surface area contributed by atoms with Crippen molar-refractivity contribution in [2.75, 3.05) is 26.2 Å². The second-order valence-electron chi connectivity index (χ2n) is 7.16. The van der Waals surface area contributed by atoms with Crippen LogP contribution in [0.4, 0.5) is 0 Å². The monoisotopic (exact) mass is 267 g/mol. The Morgan fingerprint density at radius 1 is 1.00 bits per heavy atom. The van der Waals surface area contributed by atoms with E-state index in [1.54, 1.807) is 0 Å². The van der Waals surface area contributed by atoms with E-state index in [2.05, 4.69) is 18.7 Å². The Labute approximate surface area is 119 Å². The molecule has 1 saturated carbocycles. The second-order valence-corrected chi connectivity index (χ2v) is 7.16. The lowest BCUT2D eigenvalue weighted by Crippen LogP contribution is -2.57. The van der Waals surface area contributed by atoms with Crippen LogP contribution in [0.3, 0.4) is 0 Å². The molecule has 1 saturated heterocycles. The summed E-state index contributed by atoms with van der Waals surface area (Å²) < 4.78 is 0. The van der Waals surface area contributed by atoms with Gasteiger partial charge in [-0.1, -0.05) is 39.5 Å². The number of hydrogen-bond donors (Lipinski definition) is 1. The Morgan fingerprint density at radius 2 is 1.58 bits per heavy atom. The van der Waals surface area contributed by atoms with Crippen molar-refractivity contribution in [1.82, 2.24) is 4.90 Å². The minimum absolute atomic E-state index is 0.410. The first kappa shape index (κ1) is 15.3. The Bertz CT molecular complexity index is 252. The van der Waals surface area contributed by atoms with Gasteiger partial charge in [-0.2, -0.15) is 0 Å². The van der Waals surface area contributed by atoms with Gasteiger partial charge in [0.25, 0.3) is 0 Å². The molecule has 2 rings (SSSR count). The van der Waals surface area contributed by atoms with Crippen molar-refractivity contribution in [3.63, 3.8) is 0 Å². The Morgan fingerprint density at radius 3 is 2.11 bits per heavy atom. The molecule has 0 aromatic rings. The first-order chi connectivity index (χ1) is 9.23. The molecule has 1 N–H and O–H groups in total. The highest BCUT2D eigenvalue weighted by Crippen LogP contribution is 2.41. The van der Waals surface area contributed by atoms with Gasteiger partial charge in [0.1, 0.15) is 0 Å². The predicted octanol–water partition coefficient (Wildman–Crippen LogP) is 3.69. The zero-order chi connectivity index (χ0) is 13.7. The van der Waals surface area contributed by atoms with Crippen LogP contribution >= 0.6 is 0 Å². The average molecular weight is 267 g/mol. The molecular weight excluding hydrogens is 234 g/mol. The molecule has 2 atom stereocenters. The lowest BCUT2D eigenvalue weighted by atomic mass is 9.71. The molecule has 0 bridgehead atoms. The number of likely N-dealkylation sites (tertiary alicyclic amines) is 1. The third-order valence-electron chi connectivity index (χ3n) is 5.47. The molecule has 112 valence electrons. The third-order valence-corrected chi connectivity index (χ3v) is 5.47. The van der Waals surface area contributed by atoms with Crippen LogP contribution in [0.5, 0.6) is 0 Å². The number of rotatable bonds is 7. The van der Waals surface area contributed by atoms with Crippen LogP contribution in [-0.4, -0.2) is 36.2 Å². The average Bonchev–Trinajstić information content (AvgIpc) is 2.38. The quantitative estimate of drug-likeness (QED) is 0.760. The van der Waals surface area contributed by atoms with E-state index in [9.17, 15) is 5.11 Å². The molecule has 0 spiro atoms. The van der Waals surface area contributed by atoms with Gasteiger partial charge < -0.3 is 10.0 Å². The maximum Gasteiger partial charge on any atom is 0.0462 e. The summed E-state index contributed by atoms with van der Waals surface area (Å²) in [5.74, 6) is 1.35. The van der Waals surface area contributed by atoms with Crippen molar-refractivity contribution >= 4 is 0 Å². The Hall–Kier alpha value is -0.0800. The summed E-state index contributed by atoms with van der Waals surface area (Å²) in [6, 6.07) is 0. The van der Waals surface area contributed by atoms with Gasteiger partial charge in [0, 0.05) is 26.2 Å². The van der Waals surface area contributed by atoms with E-state index in [-0.39, 0.29) is 0 Å². The fourth-order valence-electron chi connectivity index (χ4n) is 4.63. The van der Waals surface area contributed by atoms with E-state index < -0.39 is 0 Å². The van der Waals surface area contributed by atoms with Gasteiger partial charge in [-0.25, -0.2) is 0 Å². The zero-order valence-electron chi connectivity index (χ0n) is 13.0. The highest BCUT2D eigenvalue weighted by atomic mass is 16.3. The van der Waals surface area contributed by atoms with Crippen LogP contribution in [0.1, 0.15) is 65.2 Å². The van der Waals surface area contributed by atoms with Gasteiger partial charge in [-0.3, -0.25) is 0 Å². The molecule has 0 aromatic heterocycles. The fraction of sp³-hybridized carbons (Fsp3) is 1.00. The van der Waals surface area contributed by atoms with Gasteiger partial charge >= 0.3 is 0 Å². The Kier molecular flexibility index (Phi) is 5.70. The van der Waals surface area contributed by atoms with Crippen LogP contribution < -0.4 is 0 Å². The summed E-state index contributed by atoms with van der Waals surface area (Å²) >= 11 is 0. The smallest absolute Gasteiger partial charge is 0.0462 e. The van der Waals surface area contributed by atoms with Crippen LogP contribution in [-0.2, 0) is 0 Å². The van der Waals surface area contributed by atoms with Crippen molar-refractivity contribution < 1.29 is 5.11 Å². The number of nitrogens with zero attached hydrogens (tertiary/aromatic N) is 1. The number of aliphatic hydroxyl groups is 1. The van der Waals surface area contributed by atoms with Gasteiger partial charge in [0.15, 0.2) is 0 Å². The van der Waals surface area contributed by atoms with E-state index >= 15 is 0 Å². The third kappa shape index (κ3) is 3.72. The largest absolute Gasteiger partial charge is 0.396 e. The van der Waals surface area contributed by atoms with E-state index in [1.807, 2.05) is 0 Å². The molecule has 2 heteroatoms. The van der Waals surface area contributed by atoms with Gasteiger partial charge in [0.2, 0.25) is 0 Å². The van der Waals surface area contributed by atoms with E-state index in [0.717, 1.165) is 5.92 Å². The van der Waals surface area contributed by atoms with Crippen molar-refractivity contribution in [2.45, 2.75) is 65.2 Å². The maximum atomic E-state index is 9.52. The Balaban J connectivity index is 1.79. The van der Waals surface area contributed by atoms with Crippen molar-refractivity contribution in [2.24, 2.45) is 17.3 Å². The lowest BCUT2D eigenvalue weighted by Gasteiger charge is -2.52. The standard InChI is InChI=1S/C17H33NO/c1-3-9-17(10-4-2)13-18(14-17)11-15-7-5-6-8-16(15)12-19/h15-16,19H,3-14H2,1-2H3. The van der Waals surface area contributed by atoms with E-state index in [0.29, 0.717) is 17.9 Å². The number of hydrogen-bond acceptors (Lipinski definition) is 2. The molecule has 2 fully saturated rings. The first-order valence-electron chi connectivity index (χ1n) is 8.56. The predicted molar refractivity (Wildman–Crippen MR) is 81.2 cm³/mol. The van der Waals surface area contributed by atoms with Gasteiger partial charge in [-0.15, -0.1) is 0 Å². The summed E-state index contributed by atoms with van der Waals surface area (Å²) in [5, 5.41) is 9.52. The highest BCUT2D eigenvalue weighted by Gasteiger charge is 2.42. The van der Waals surface area contributed by atoms with Gasteiger partial charge in [0.05, 0.1) is 0 Å². The second kappa shape index (κ2) is 7.08. The molecule has 1 heterocycles. The van der Waals surface area contributed by atoms with E-state index in [4.69, 9.17) is 0 Å². The lowest BCUT2D eigenvalue weighted by molar-refractivity contribution is -0.0368. The van der Waals surface area contributed by atoms with Crippen molar-refractivity contribution in [3.8, 4) is 0 Å². The molecule has 2 nitrogen and oxygen atoms in total. The molecular formula is C17H33NO. The molecule has 19 heavy (non-hydrogen) atoms. The normalized spacial score (nSPS) is 31.1.